The second-order valence-electron chi connectivity index (χ2n) is 14.1. The number of rotatable bonds is 11. The average Bonchev–Trinajstić information content (AvgIpc) is 3.61. The zero-order valence-corrected chi connectivity index (χ0v) is 28.8. The number of nitrogens with one attached hydrogen (secondary N) is 2. The summed E-state index contributed by atoms with van der Waals surface area (Å²) in [5.74, 6) is -0.616. The Morgan fingerprint density at radius 3 is 2.41 bits per heavy atom. The van der Waals surface area contributed by atoms with E-state index in [-0.39, 0.29) is 24.8 Å². The fourth-order valence-corrected chi connectivity index (χ4v) is 6.26. The second kappa shape index (κ2) is 14.0. The molecule has 3 aromatic rings. The van der Waals surface area contributed by atoms with Gasteiger partial charge in [0.2, 0.25) is 11.8 Å². The summed E-state index contributed by atoms with van der Waals surface area (Å²) in [6, 6.07) is 14.9. The standard InChI is InChI=1S/C37H46N4O8/c1-8-23-19-37(23,34(44)45)40-32(42)29-17-25(20-41(29)33(43)31(21(2)3)39-35(46)49-36(4,5)6)48-30-18-27(22-12-10-9-11-13-22)38-28-16-24(47-7)14-15-26(28)30/h8-16,18,21,23,25,29,31,34,44-45H,1,17,19-20H2,2-7H3,(H,39,46)(H,40,42)/t23?,25-,29+,31+,37?/m1/s1. The van der Waals surface area contributed by atoms with Crippen LogP contribution in [-0.2, 0) is 14.3 Å². The molecule has 49 heavy (non-hydrogen) atoms. The molecule has 12 heteroatoms. The van der Waals surface area contributed by atoms with Gasteiger partial charge in [-0.15, -0.1) is 6.58 Å². The van der Waals surface area contributed by atoms with Gasteiger partial charge < -0.3 is 40.0 Å². The molecular formula is C37H46N4O8. The minimum absolute atomic E-state index is 0.0242. The largest absolute Gasteiger partial charge is 0.497 e. The number of methoxy groups -OCH3 is 1. The van der Waals surface area contributed by atoms with Crippen LogP contribution < -0.4 is 20.1 Å². The molecule has 5 atom stereocenters. The first-order chi connectivity index (χ1) is 23.2. The molecule has 2 aromatic carbocycles. The maximum Gasteiger partial charge on any atom is 0.408 e. The molecule has 2 heterocycles. The molecule has 0 bridgehead atoms. The Hall–Kier alpha value is -4.68. The molecule has 12 nitrogen and oxygen atoms in total. The predicted octanol–water partition coefficient (Wildman–Crippen LogP) is 4.18. The number of hydrogen-bond donors (Lipinski definition) is 4. The fraction of sp³-hybridized carbons (Fsp3) is 0.459. The molecule has 1 aliphatic heterocycles. The van der Waals surface area contributed by atoms with Gasteiger partial charge in [0, 0.05) is 35.4 Å². The number of carbonyl (C=O) groups is 3. The first-order valence-corrected chi connectivity index (χ1v) is 16.5. The van der Waals surface area contributed by atoms with Crippen LogP contribution >= 0.6 is 0 Å². The monoisotopic (exact) mass is 674 g/mol. The zero-order valence-electron chi connectivity index (χ0n) is 28.8. The van der Waals surface area contributed by atoms with Crippen molar-refractivity contribution in [2.45, 2.75) is 83.1 Å². The normalized spacial score (nSPS) is 22.5. The molecule has 2 aliphatic rings. The zero-order chi connectivity index (χ0) is 35.7. The van der Waals surface area contributed by atoms with Crippen molar-refractivity contribution in [1.29, 1.82) is 0 Å². The number of fused-ring (bicyclic) bond motifs is 1. The smallest absolute Gasteiger partial charge is 0.408 e. The highest BCUT2D eigenvalue weighted by molar-refractivity contribution is 5.93. The van der Waals surface area contributed by atoms with Gasteiger partial charge in [0.15, 0.2) is 6.29 Å². The van der Waals surface area contributed by atoms with Crippen LogP contribution in [0.3, 0.4) is 0 Å². The van der Waals surface area contributed by atoms with Crippen molar-refractivity contribution in [2.75, 3.05) is 13.7 Å². The Bertz CT molecular complexity index is 1710. The minimum atomic E-state index is -1.83. The third kappa shape index (κ3) is 7.81. The van der Waals surface area contributed by atoms with Crippen molar-refractivity contribution < 1.29 is 38.8 Å². The molecule has 3 amide bonds. The maximum atomic E-state index is 14.2. The van der Waals surface area contributed by atoms with Gasteiger partial charge in [0.1, 0.15) is 35.3 Å². The van der Waals surface area contributed by atoms with Crippen molar-refractivity contribution in [3.63, 3.8) is 0 Å². The lowest BCUT2D eigenvalue weighted by Crippen LogP contribution is -2.58. The summed E-state index contributed by atoms with van der Waals surface area (Å²) < 4.78 is 17.5. The molecule has 0 radical (unpaired) electrons. The van der Waals surface area contributed by atoms with Crippen LogP contribution in [0.25, 0.3) is 22.2 Å². The molecule has 262 valence electrons. The summed E-state index contributed by atoms with van der Waals surface area (Å²) in [5.41, 5.74) is 0.0930. The molecule has 2 fully saturated rings. The Balaban J connectivity index is 1.48. The molecule has 2 unspecified atom stereocenters. The highest BCUT2D eigenvalue weighted by atomic mass is 16.6. The maximum absolute atomic E-state index is 14.2. The van der Waals surface area contributed by atoms with E-state index in [2.05, 4.69) is 17.2 Å². The fourth-order valence-electron chi connectivity index (χ4n) is 6.26. The summed E-state index contributed by atoms with van der Waals surface area (Å²) in [4.78, 5) is 47.2. The van der Waals surface area contributed by atoms with Gasteiger partial charge in [-0.3, -0.25) is 9.59 Å². The van der Waals surface area contributed by atoms with Crippen molar-refractivity contribution >= 4 is 28.8 Å². The minimum Gasteiger partial charge on any atom is -0.497 e. The molecule has 5 rings (SSSR count). The molecule has 1 saturated carbocycles. The van der Waals surface area contributed by atoms with E-state index in [0.29, 0.717) is 34.5 Å². The number of ether oxygens (including phenoxy) is 3. The number of benzene rings is 2. The van der Waals surface area contributed by atoms with Crippen LogP contribution in [-0.4, -0.2) is 87.3 Å². The summed E-state index contributed by atoms with van der Waals surface area (Å²) in [7, 11) is 1.58. The molecule has 1 saturated heterocycles. The highest BCUT2D eigenvalue weighted by Crippen LogP contribution is 2.46. The van der Waals surface area contributed by atoms with E-state index in [9.17, 15) is 24.6 Å². The SMILES string of the molecule is C=CC1CC1(NC(=O)[C@@H]1C[C@@H](Oc2cc(-c3ccccc3)nc3cc(OC)ccc23)CN1C(=O)[C@@H](NC(=O)OC(C)(C)C)C(C)C)C(O)O. The quantitative estimate of drug-likeness (QED) is 0.173. The Morgan fingerprint density at radius 1 is 1.10 bits per heavy atom. The van der Waals surface area contributed by atoms with Gasteiger partial charge in [-0.25, -0.2) is 9.78 Å². The number of aliphatic hydroxyl groups excluding tert-OH is 1. The molecule has 0 spiro atoms. The van der Waals surface area contributed by atoms with Crippen molar-refractivity contribution in [2.24, 2.45) is 11.8 Å². The number of amides is 3. The summed E-state index contributed by atoms with van der Waals surface area (Å²) in [5, 5.41) is 26.6. The van der Waals surface area contributed by atoms with Crippen LogP contribution in [0, 0.1) is 11.8 Å². The number of aliphatic hydroxyl groups is 2. The molecule has 4 N–H and O–H groups in total. The molecular weight excluding hydrogens is 628 g/mol. The van der Waals surface area contributed by atoms with Crippen LogP contribution in [0.15, 0.2) is 67.3 Å². The van der Waals surface area contributed by atoms with Crippen molar-refractivity contribution in [1.82, 2.24) is 20.5 Å². The van der Waals surface area contributed by atoms with Gasteiger partial charge in [-0.05, 0) is 45.2 Å². The van der Waals surface area contributed by atoms with Gasteiger partial charge >= 0.3 is 6.09 Å². The topological polar surface area (TPSA) is 160 Å². The number of likely N-dealkylation sites (tertiary alicyclic amines) is 1. The Labute approximate surface area is 286 Å². The van der Waals surface area contributed by atoms with E-state index < -0.39 is 53.5 Å². The Kier molecular flexibility index (Phi) is 10.2. The lowest BCUT2D eigenvalue weighted by molar-refractivity contribution is -0.143. The number of carbonyl (C=O) groups excluding carboxylic acids is 3. The number of aromatic nitrogens is 1. The van der Waals surface area contributed by atoms with Gasteiger partial charge in [-0.2, -0.15) is 0 Å². The predicted molar refractivity (Wildman–Crippen MR) is 184 cm³/mol. The van der Waals surface area contributed by atoms with Crippen LogP contribution in [0.5, 0.6) is 11.5 Å². The number of pyridine rings is 1. The lowest BCUT2D eigenvalue weighted by atomic mass is 10.0. The van der Waals surface area contributed by atoms with Crippen LogP contribution in [0.2, 0.25) is 0 Å². The first kappa shape index (κ1) is 35.6. The third-order valence-corrected chi connectivity index (χ3v) is 8.96. The van der Waals surface area contributed by atoms with E-state index in [1.54, 1.807) is 53.9 Å². The van der Waals surface area contributed by atoms with Gasteiger partial charge in [0.25, 0.3) is 0 Å². The summed E-state index contributed by atoms with van der Waals surface area (Å²) in [6.07, 6.45) is -1.26. The van der Waals surface area contributed by atoms with Crippen LogP contribution in [0.4, 0.5) is 4.79 Å². The number of alkyl carbamates (subject to hydrolysis) is 1. The van der Waals surface area contributed by atoms with E-state index in [1.807, 2.05) is 48.5 Å². The lowest BCUT2D eigenvalue weighted by Gasteiger charge is -2.32. The first-order valence-electron chi connectivity index (χ1n) is 16.5. The van der Waals surface area contributed by atoms with Gasteiger partial charge in [0.05, 0.1) is 30.4 Å². The summed E-state index contributed by atoms with van der Waals surface area (Å²) >= 11 is 0. The molecule has 1 aliphatic carbocycles. The van der Waals surface area contributed by atoms with Crippen LogP contribution in [0.1, 0.15) is 47.5 Å². The van der Waals surface area contributed by atoms with Gasteiger partial charge in [-0.1, -0.05) is 50.3 Å². The second-order valence-corrected chi connectivity index (χ2v) is 14.1. The Morgan fingerprint density at radius 2 is 1.82 bits per heavy atom. The van der Waals surface area contributed by atoms with E-state index >= 15 is 0 Å². The number of hydrogen-bond acceptors (Lipinski definition) is 9. The third-order valence-electron chi connectivity index (χ3n) is 8.96. The highest BCUT2D eigenvalue weighted by Gasteiger charge is 2.59. The van der Waals surface area contributed by atoms with E-state index in [1.165, 1.54) is 4.90 Å². The molecule has 1 aromatic heterocycles. The average molecular weight is 675 g/mol. The van der Waals surface area contributed by atoms with Crippen molar-refractivity contribution in [3.05, 3.63) is 67.3 Å². The number of nitrogens with zero attached hydrogens (tertiary/aromatic N) is 2. The van der Waals surface area contributed by atoms with Crippen molar-refractivity contribution in [3.8, 4) is 22.8 Å². The summed E-state index contributed by atoms with van der Waals surface area (Å²) in [6.45, 7) is 12.5. The van der Waals surface area contributed by atoms with E-state index in [4.69, 9.17) is 19.2 Å². The van der Waals surface area contributed by atoms with E-state index in [0.717, 1.165) is 5.56 Å².